The molecule has 4 rings (SSSR count). The van der Waals surface area contributed by atoms with Crippen LogP contribution in [0.25, 0.3) is 0 Å². The summed E-state index contributed by atoms with van der Waals surface area (Å²) in [6.07, 6.45) is 2.75. The molecule has 1 N–H and O–H groups in total. The van der Waals surface area contributed by atoms with Crippen LogP contribution >= 0.6 is 11.3 Å². The van der Waals surface area contributed by atoms with Gasteiger partial charge in [0.2, 0.25) is 5.88 Å². The average molecular weight is 414 g/mol. The second kappa shape index (κ2) is 8.16. The Morgan fingerprint density at radius 1 is 1.34 bits per heavy atom. The second-order valence-corrected chi connectivity index (χ2v) is 8.20. The molecule has 1 aliphatic rings. The summed E-state index contributed by atoms with van der Waals surface area (Å²) < 4.78 is 12.3. The van der Waals surface area contributed by atoms with E-state index in [9.17, 15) is 4.79 Å². The van der Waals surface area contributed by atoms with Crippen molar-refractivity contribution in [3.05, 3.63) is 50.5 Å². The van der Waals surface area contributed by atoms with Crippen molar-refractivity contribution in [3.63, 3.8) is 0 Å². The largest absolute Gasteiger partial charge is 0.495 e. The molecule has 0 bridgehead atoms. The summed E-state index contributed by atoms with van der Waals surface area (Å²) in [4.78, 5) is 16.8. The molecule has 152 valence electrons. The van der Waals surface area contributed by atoms with Gasteiger partial charge in [0.1, 0.15) is 21.5 Å². The van der Waals surface area contributed by atoms with Crippen LogP contribution in [0, 0.1) is 12.8 Å². The highest BCUT2D eigenvalue weighted by Crippen LogP contribution is 2.46. The molecule has 0 unspecified atom stereocenters. The van der Waals surface area contributed by atoms with Crippen molar-refractivity contribution >= 4 is 17.0 Å². The van der Waals surface area contributed by atoms with Crippen LogP contribution in [0.5, 0.6) is 11.6 Å². The minimum Gasteiger partial charge on any atom is -0.495 e. The minimum atomic E-state index is -0.217. The van der Waals surface area contributed by atoms with Gasteiger partial charge in [-0.2, -0.15) is 0 Å². The molecule has 3 aromatic rings. The molecular weight excluding hydrogens is 392 g/mol. The molecule has 10 heteroatoms. The predicted molar refractivity (Wildman–Crippen MR) is 109 cm³/mol. The zero-order valence-electron chi connectivity index (χ0n) is 16.5. The van der Waals surface area contributed by atoms with Gasteiger partial charge in [-0.25, -0.2) is 4.68 Å². The Morgan fingerprint density at radius 2 is 2.21 bits per heavy atom. The summed E-state index contributed by atoms with van der Waals surface area (Å²) in [5.74, 6) is 1.93. The van der Waals surface area contributed by atoms with Gasteiger partial charge in [0.05, 0.1) is 26.5 Å². The first kappa shape index (κ1) is 19.3. The Morgan fingerprint density at radius 3 is 2.90 bits per heavy atom. The predicted octanol–water partition coefficient (Wildman–Crippen LogP) is 2.14. The lowest BCUT2D eigenvalue weighted by atomic mass is 10.2. The molecule has 0 saturated heterocycles. The monoisotopic (exact) mass is 414 g/mol. The molecule has 0 aromatic carbocycles. The fraction of sp³-hybridized carbons (Fsp3) is 0.421. The molecular formula is C19H22N6O3S. The average Bonchev–Trinajstić information content (AvgIpc) is 3.39. The highest BCUT2D eigenvalue weighted by Gasteiger charge is 2.40. The lowest BCUT2D eigenvalue weighted by Crippen LogP contribution is -2.24. The molecule has 29 heavy (non-hydrogen) atoms. The molecule has 2 atom stereocenters. The lowest BCUT2D eigenvalue weighted by molar-refractivity contribution is 0.278. The third-order valence-corrected chi connectivity index (χ3v) is 5.62. The maximum Gasteiger partial charge on any atom is 0.290 e. The number of aryl methyl sites for hydroxylation is 2. The Kier molecular flexibility index (Phi) is 5.43. The number of hydrogen-bond acceptors (Lipinski definition) is 9. The highest BCUT2D eigenvalue weighted by atomic mass is 32.1. The summed E-state index contributed by atoms with van der Waals surface area (Å²) in [6, 6.07) is 5.55. The van der Waals surface area contributed by atoms with Gasteiger partial charge in [-0.3, -0.25) is 9.78 Å². The zero-order valence-corrected chi connectivity index (χ0v) is 17.3. The van der Waals surface area contributed by atoms with Gasteiger partial charge < -0.3 is 14.8 Å². The molecule has 0 spiro atoms. The van der Waals surface area contributed by atoms with Crippen LogP contribution in [-0.4, -0.2) is 38.7 Å². The summed E-state index contributed by atoms with van der Waals surface area (Å²) in [6.45, 7) is 2.85. The van der Waals surface area contributed by atoms with Gasteiger partial charge in [-0.05, 0) is 25.5 Å². The highest BCUT2D eigenvalue weighted by molar-refractivity contribution is 7.11. The van der Waals surface area contributed by atoms with Crippen LogP contribution in [0.15, 0.2) is 29.2 Å². The first-order valence-corrected chi connectivity index (χ1v) is 10.1. The zero-order chi connectivity index (χ0) is 20.4. The van der Waals surface area contributed by atoms with Gasteiger partial charge in [0, 0.05) is 30.6 Å². The molecule has 1 fully saturated rings. The summed E-state index contributed by atoms with van der Waals surface area (Å²) in [5.41, 5.74) is 1.25. The van der Waals surface area contributed by atoms with Crippen LogP contribution in [0.2, 0.25) is 0 Å². The molecule has 9 nitrogen and oxygen atoms in total. The molecule has 3 aromatic heterocycles. The van der Waals surface area contributed by atoms with E-state index in [-0.39, 0.29) is 5.56 Å². The minimum absolute atomic E-state index is 0.217. The van der Waals surface area contributed by atoms with Gasteiger partial charge in [0.15, 0.2) is 0 Å². The maximum atomic E-state index is 12.3. The summed E-state index contributed by atoms with van der Waals surface area (Å²) in [5, 5.41) is 17.0. The van der Waals surface area contributed by atoms with Crippen molar-refractivity contribution in [2.45, 2.75) is 25.8 Å². The van der Waals surface area contributed by atoms with E-state index in [1.807, 2.05) is 19.1 Å². The van der Waals surface area contributed by atoms with E-state index in [1.54, 1.807) is 26.4 Å². The third-order valence-electron chi connectivity index (χ3n) is 4.78. The smallest absolute Gasteiger partial charge is 0.290 e. The molecule has 1 saturated carbocycles. The van der Waals surface area contributed by atoms with Crippen molar-refractivity contribution in [2.75, 3.05) is 19.0 Å². The number of rotatable bonds is 8. The van der Waals surface area contributed by atoms with Crippen LogP contribution in [0.4, 0.5) is 5.69 Å². The van der Waals surface area contributed by atoms with Crippen LogP contribution < -0.4 is 20.3 Å². The van der Waals surface area contributed by atoms with E-state index < -0.39 is 0 Å². The molecule has 0 radical (unpaired) electrons. The number of pyridine rings is 1. The maximum absolute atomic E-state index is 12.3. The first-order valence-electron chi connectivity index (χ1n) is 9.27. The fourth-order valence-corrected chi connectivity index (χ4v) is 3.73. The van der Waals surface area contributed by atoms with E-state index in [2.05, 4.69) is 25.6 Å². The van der Waals surface area contributed by atoms with Crippen molar-refractivity contribution in [1.82, 2.24) is 25.0 Å². The SMILES string of the molecule is COc1ccc([C@@H]2C[C@H]2COc2cc(NCc3nnc(C)s3)c(=O)n(C)n2)nc1. The number of hydrogen-bond donors (Lipinski definition) is 1. The van der Waals surface area contributed by atoms with E-state index in [4.69, 9.17) is 9.47 Å². The lowest BCUT2D eigenvalue weighted by Gasteiger charge is -2.10. The molecule has 1 aliphatic carbocycles. The summed E-state index contributed by atoms with van der Waals surface area (Å²) in [7, 11) is 3.24. The van der Waals surface area contributed by atoms with E-state index in [0.717, 1.165) is 27.9 Å². The van der Waals surface area contributed by atoms with Crippen LogP contribution in [0.1, 0.15) is 28.0 Å². The van der Waals surface area contributed by atoms with Gasteiger partial charge in [-0.1, -0.05) is 11.3 Å². The van der Waals surface area contributed by atoms with Gasteiger partial charge in [-0.15, -0.1) is 15.3 Å². The third kappa shape index (κ3) is 4.53. The first-order chi connectivity index (χ1) is 14.0. The Hall–Kier alpha value is -3.01. The van der Waals surface area contributed by atoms with Crippen molar-refractivity contribution in [1.29, 1.82) is 0 Å². The van der Waals surface area contributed by atoms with E-state index >= 15 is 0 Å². The van der Waals surface area contributed by atoms with Crippen molar-refractivity contribution in [2.24, 2.45) is 13.0 Å². The Bertz CT molecular complexity index is 1050. The molecule has 0 aliphatic heterocycles. The quantitative estimate of drug-likeness (QED) is 0.598. The number of nitrogens with one attached hydrogen (secondary N) is 1. The van der Waals surface area contributed by atoms with Gasteiger partial charge >= 0.3 is 0 Å². The number of methoxy groups -OCH3 is 1. The second-order valence-electron chi connectivity index (χ2n) is 6.93. The molecule has 0 amide bonds. The summed E-state index contributed by atoms with van der Waals surface area (Å²) >= 11 is 1.49. The number of aromatic nitrogens is 5. The topological polar surface area (TPSA) is 104 Å². The van der Waals surface area contributed by atoms with Crippen molar-refractivity contribution in [3.8, 4) is 11.6 Å². The number of anilines is 1. The molecule has 3 heterocycles. The van der Waals surface area contributed by atoms with Crippen LogP contribution in [0.3, 0.4) is 0 Å². The Balaban J connectivity index is 1.36. The van der Waals surface area contributed by atoms with Crippen LogP contribution in [-0.2, 0) is 13.6 Å². The van der Waals surface area contributed by atoms with E-state index in [1.165, 1.54) is 16.0 Å². The number of ether oxygens (including phenoxy) is 2. The van der Waals surface area contributed by atoms with Gasteiger partial charge in [0.25, 0.3) is 5.56 Å². The van der Waals surface area contributed by atoms with Crippen molar-refractivity contribution < 1.29 is 9.47 Å². The Labute approximate surface area is 171 Å². The fourth-order valence-electron chi connectivity index (χ4n) is 3.08. The standard InChI is InChI=1S/C19H22N6O3S/c1-11-22-23-18(29-11)9-21-16-7-17(24-25(2)19(16)26)28-10-12-6-14(12)15-5-4-13(27-3)8-20-15/h4-5,7-8,12,14,21H,6,9-10H2,1-3H3/t12-,14+/m0/s1. The normalized spacial score (nSPS) is 17.8. The number of nitrogens with zero attached hydrogens (tertiary/aromatic N) is 5. The van der Waals surface area contributed by atoms with E-state index in [0.29, 0.717) is 36.6 Å².